The quantitative estimate of drug-likeness (QED) is 0.0440. The van der Waals surface area contributed by atoms with E-state index in [1.807, 2.05) is 0 Å². The lowest BCUT2D eigenvalue weighted by molar-refractivity contribution is -0.662. The molecule has 0 radical (unpaired) electrons. The number of aromatic nitrogens is 5. The highest BCUT2D eigenvalue weighted by Gasteiger charge is 2.54. The number of urea groups is 1. The van der Waals surface area contributed by atoms with Crippen molar-refractivity contribution in [3.05, 3.63) is 41.6 Å². The van der Waals surface area contributed by atoms with E-state index in [1.165, 1.54) is 30.4 Å². The molecule has 2 atom stereocenters. The summed E-state index contributed by atoms with van der Waals surface area (Å²) in [4.78, 5) is 60.2. The van der Waals surface area contributed by atoms with Crippen LogP contribution in [0.1, 0.15) is 5.82 Å². The van der Waals surface area contributed by atoms with Gasteiger partial charge in [0.1, 0.15) is 29.9 Å². The number of β-lactam (4-membered cyclic amide) rings is 1. The minimum absolute atomic E-state index is 0.0951. The van der Waals surface area contributed by atoms with Crippen LogP contribution in [0.15, 0.2) is 41.0 Å². The van der Waals surface area contributed by atoms with Crippen LogP contribution in [0.3, 0.4) is 0 Å². The molecule has 5 heterocycles. The van der Waals surface area contributed by atoms with Gasteiger partial charge in [-0.25, -0.2) is 14.2 Å². The maximum atomic E-state index is 13.2. The summed E-state index contributed by atoms with van der Waals surface area (Å²) in [7, 11) is 2.86. The first-order chi connectivity index (χ1) is 20.2. The number of nitrogen functional groups attached to an aromatic ring is 1. The van der Waals surface area contributed by atoms with Gasteiger partial charge in [-0.1, -0.05) is 14.8 Å². The van der Waals surface area contributed by atoms with Gasteiger partial charge in [0.05, 0.1) is 0 Å². The third-order valence-electron chi connectivity index (χ3n) is 6.08. The van der Waals surface area contributed by atoms with E-state index in [4.69, 9.17) is 15.3 Å². The van der Waals surface area contributed by atoms with Crippen molar-refractivity contribution in [2.75, 3.05) is 37.8 Å². The Bertz CT molecular complexity index is 1640. The molecule has 0 saturated carbocycles. The normalized spacial score (nSPS) is 18.4. The molecule has 18 nitrogen and oxygen atoms in total. The number of carbonyl (C=O) groups excluding carboxylic acids is 3. The molecule has 4 amide bonds. The van der Waals surface area contributed by atoms with Gasteiger partial charge in [-0.05, 0) is 6.07 Å². The number of amides is 4. The molecular weight excluding hydrogens is 594 g/mol. The molecular formula is C22H24N11O7S2+. The minimum Gasteiger partial charge on any atom is -0.477 e. The standard InChI is InChI=1S/C22H23N11O7S2/c1-24-22(38)25-11-3-4-12-31(5-6-32(12)28-11)7-10-8-41-19-14(18(35)33(19)15(10)20(36)37)26-17(34)13(29-40-9-39-2)16-27-21(23)42-30-16/h3-6,14,19H,7-9H2,1-2H3,(H5-,23,24,25,26,27,28,30,34,36,37,38)/p+1/b29-13-/t14-,19-/m1/s1. The molecule has 2 aliphatic heterocycles. The maximum Gasteiger partial charge on any atom is 0.352 e. The third kappa shape index (κ3) is 5.53. The maximum absolute atomic E-state index is 13.2. The predicted octanol–water partition coefficient (Wildman–Crippen LogP) is -1.43. The molecule has 0 aliphatic carbocycles. The number of ether oxygens (including phenoxy) is 1. The van der Waals surface area contributed by atoms with Crippen LogP contribution in [-0.4, -0.2) is 96.6 Å². The molecule has 0 bridgehead atoms. The number of oxime groups is 1. The minimum atomic E-state index is -1.27. The Balaban J connectivity index is 1.34. The van der Waals surface area contributed by atoms with Crippen LogP contribution >= 0.6 is 23.3 Å². The average molecular weight is 619 g/mol. The van der Waals surface area contributed by atoms with E-state index in [0.717, 1.165) is 16.4 Å². The second-order valence-corrected chi connectivity index (χ2v) is 10.6. The molecule has 3 aromatic rings. The fraction of sp³-hybridized carbons (Fsp3) is 0.318. The Hall–Kier alpha value is -4.82. The van der Waals surface area contributed by atoms with Crippen LogP contribution in [-0.2, 0) is 30.5 Å². The number of carboxylic acids is 1. The second kappa shape index (κ2) is 12.0. The Labute approximate surface area is 244 Å². The number of nitrogens with zero attached hydrogens (tertiary/aromatic N) is 7. The molecule has 0 unspecified atom stereocenters. The first-order valence-corrected chi connectivity index (χ1v) is 13.9. The summed E-state index contributed by atoms with van der Waals surface area (Å²) in [5.41, 5.74) is 6.27. The van der Waals surface area contributed by atoms with Crippen molar-refractivity contribution in [1.29, 1.82) is 0 Å². The second-order valence-electron chi connectivity index (χ2n) is 8.70. The fourth-order valence-corrected chi connectivity index (χ4v) is 6.02. The summed E-state index contributed by atoms with van der Waals surface area (Å²) in [6.45, 7) is -0.0903. The van der Waals surface area contributed by atoms with Gasteiger partial charge in [0.25, 0.3) is 11.8 Å². The van der Waals surface area contributed by atoms with Gasteiger partial charge in [-0.2, -0.15) is 9.36 Å². The molecule has 3 aromatic heterocycles. The largest absolute Gasteiger partial charge is 0.477 e. The summed E-state index contributed by atoms with van der Waals surface area (Å²) in [6.07, 6.45) is 3.37. The Morgan fingerprint density at radius 3 is 2.83 bits per heavy atom. The highest BCUT2D eigenvalue weighted by molar-refractivity contribution is 8.00. The van der Waals surface area contributed by atoms with Crippen LogP contribution in [0.4, 0.5) is 15.7 Å². The number of anilines is 2. The van der Waals surface area contributed by atoms with E-state index in [1.54, 1.807) is 29.1 Å². The van der Waals surface area contributed by atoms with Gasteiger partial charge in [0.2, 0.25) is 18.3 Å². The van der Waals surface area contributed by atoms with Crippen LogP contribution in [0, 0.1) is 0 Å². The number of rotatable bonds is 10. The molecule has 220 valence electrons. The van der Waals surface area contributed by atoms with Crippen LogP contribution in [0.5, 0.6) is 0 Å². The van der Waals surface area contributed by atoms with E-state index >= 15 is 0 Å². The number of carboxylic acid groups (broad SMARTS) is 1. The molecule has 0 aromatic carbocycles. The number of hydrogen-bond donors (Lipinski definition) is 5. The average Bonchev–Trinajstić information content (AvgIpc) is 3.58. The zero-order valence-corrected chi connectivity index (χ0v) is 23.6. The predicted molar refractivity (Wildman–Crippen MR) is 147 cm³/mol. The number of nitrogens with two attached hydrogens (primary N) is 1. The van der Waals surface area contributed by atoms with E-state index in [2.05, 4.69) is 35.6 Å². The SMILES string of the molecule is CNC(=O)Nc1ccc2n(cc[n+]2CC2=C(C(=O)O)N3C(=O)[C@@H](NC(=O)/C(=N\OCOC)c4nsc(N)n4)[C@H]3SC2)n1. The van der Waals surface area contributed by atoms with E-state index < -0.39 is 35.2 Å². The molecule has 5 rings (SSSR count). The van der Waals surface area contributed by atoms with Gasteiger partial charge >= 0.3 is 17.6 Å². The molecule has 1 saturated heterocycles. The van der Waals surface area contributed by atoms with Crippen molar-refractivity contribution in [2.24, 2.45) is 5.16 Å². The summed E-state index contributed by atoms with van der Waals surface area (Å²) >= 11 is 2.15. The number of methoxy groups -OCH3 is 1. The summed E-state index contributed by atoms with van der Waals surface area (Å²) in [5, 5.41) is 25.1. The zero-order chi connectivity index (χ0) is 30.0. The summed E-state index contributed by atoms with van der Waals surface area (Å²) in [5.74, 6) is -2.18. The molecule has 2 aliphatic rings. The highest BCUT2D eigenvalue weighted by Crippen LogP contribution is 2.40. The van der Waals surface area contributed by atoms with Crippen LogP contribution in [0.2, 0.25) is 0 Å². The number of aliphatic carboxylic acids is 1. The lowest BCUT2D eigenvalue weighted by Crippen LogP contribution is -2.71. The van der Waals surface area contributed by atoms with Crippen LogP contribution < -0.4 is 26.3 Å². The molecule has 1 fully saturated rings. The Kier molecular flexibility index (Phi) is 8.17. The molecule has 42 heavy (non-hydrogen) atoms. The number of imidazole rings is 1. The number of fused-ring (bicyclic) bond motifs is 2. The highest BCUT2D eigenvalue weighted by atomic mass is 32.2. The lowest BCUT2D eigenvalue weighted by atomic mass is 10.0. The van der Waals surface area contributed by atoms with Crippen molar-refractivity contribution < 1.29 is 38.4 Å². The first kappa shape index (κ1) is 28.7. The van der Waals surface area contributed by atoms with Crippen LogP contribution in [0.25, 0.3) is 5.65 Å². The summed E-state index contributed by atoms with van der Waals surface area (Å²) < 4.78 is 12.0. The van der Waals surface area contributed by atoms with Gasteiger partial charge in [0, 0.05) is 43.1 Å². The van der Waals surface area contributed by atoms with E-state index in [0.29, 0.717) is 17.0 Å². The van der Waals surface area contributed by atoms with Crippen molar-refractivity contribution >= 4 is 69.4 Å². The topological polar surface area (TPSA) is 232 Å². The van der Waals surface area contributed by atoms with Gasteiger partial charge in [0.15, 0.2) is 17.1 Å². The van der Waals surface area contributed by atoms with Crippen molar-refractivity contribution in [3.63, 3.8) is 0 Å². The Morgan fingerprint density at radius 1 is 1.33 bits per heavy atom. The zero-order valence-electron chi connectivity index (χ0n) is 22.0. The first-order valence-electron chi connectivity index (χ1n) is 12.1. The monoisotopic (exact) mass is 618 g/mol. The van der Waals surface area contributed by atoms with Crippen molar-refractivity contribution in [1.82, 2.24) is 34.5 Å². The number of nitrogens with one attached hydrogen (secondary N) is 3. The fourth-order valence-electron chi connectivity index (χ4n) is 4.25. The van der Waals surface area contributed by atoms with Gasteiger partial charge < -0.3 is 31.0 Å². The van der Waals surface area contributed by atoms with Crippen molar-refractivity contribution in [2.45, 2.75) is 18.0 Å². The lowest BCUT2D eigenvalue weighted by Gasteiger charge is -2.49. The smallest absolute Gasteiger partial charge is 0.352 e. The Morgan fingerprint density at radius 2 is 2.14 bits per heavy atom. The van der Waals surface area contributed by atoms with Gasteiger partial charge in [-0.3, -0.25) is 19.8 Å². The number of thioether (sulfide) groups is 1. The molecule has 0 spiro atoms. The van der Waals surface area contributed by atoms with Gasteiger partial charge in [-0.15, -0.1) is 11.8 Å². The van der Waals surface area contributed by atoms with E-state index in [9.17, 15) is 24.3 Å². The number of hydrogen-bond acceptors (Lipinski definition) is 13. The number of carbonyl (C=O) groups is 4. The van der Waals surface area contributed by atoms with Crippen molar-refractivity contribution in [3.8, 4) is 0 Å². The summed E-state index contributed by atoms with van der Waals surface area (Å²) in [6, 6.07) is 1.88. The third-order valence-corrected chi connectivity index (χ3v) is 7.97. The van der Waals surface area contributed by atoms with E-state index in [-0.39, 0.29) is 41.5 Å². The molecule has 20 heteroatoms. The molecule has 6 N–H and O–H groups in total.